The Kier molecular flexibility index (Phi) is 9.32. The lowest BCUT2D eigenvalue weighted by Crippen LogP contribution is -2.29. The average Bonchev–Trinajstić information content (AvgIpc) is 3.74. The number of thiophene rings is 1. The molecule has 0 unspecified atom stereocenters. The smallest absolute Gasteiger partial charge is 0.416 e. The molecule has 11 nitrogen and oxygen atoms in total. The van der Waals surface area contributed by atoms with Crippen LogP contribution in [0.3, 0.4) is 0 Å². The number of aryl methyl sites for hydroxylation is 3. The number of carbonyl (C=O) groups is 3. The standard InChI is InChI=1S/C38H34N4O7S2/c43-35(27-4-3-5-30(22-27)51(48,49)41-21-19-28-23-39-20-18-32(28)41)40-36-34(31-6-1-2-7-33(31)50-36)42(38(46)47)29-16-12-25(13-17-29)9-8-24-10-14-26(15-11-24)37(44)45/h3-5,10-18,20,22-23H,1-2,6-9,19,21H2,(H,40,43)(H,44,45)(H,46,47). The molecule has 260 valence electrons. The molecule has 1 aliphatic heterocycles. The molecule has 2 aromatic heterocycles. The molecule has 7 rings (SSSR count). The maximum Gasteiger partial charge on any atom is 0.416 e. The van der Waals surface area contributed by atoms with E-state index in [9.17, 15) is 27.9 Å². The van der Waals surface area contributed by atoms with Gasteiger partial charge >= 0.3 is 12.1 Å². The molecule has 5 aromatic rings. The normalized spacial score (nSPS) is 13.7. The molecular weight excluding hydrogens is 689 g/mol. The van der Waals surface area contributed by atoms with Gasteiger partial charge in [-0.3, -0.25) is 14.1 Å². The van der Waals surface area contributed by atoms with E-state index >= 15 is 0 Å². The number of carboxylic acids is 1. The van der Waals surface area contributed by atoms with Crippen molar-refractivity contribution in [3.63, 3.8) is 0 Å². The molecule has 0 fully saturated rings. The first kappa shape index (κ1) is 33.9. The molecule has 0 atom stereocenters. The highest BCUT2D eigenvalue weighted by atomic mass is 32.2. The van der Waals surface area contributed by atoms with Crippen molar-refractivity contribution in [3.05, 3.63) is 130 Å². The van der Waals surface area contributed by atoms with Gasteiger partial charge in [0.05, 0.1) is 27.5 Å². The van der Waals surface area contributed by atoms with Crippen LogP contribution in [0.2, 0.25) is 0 Å². The summed E-state index contributed by atoms with van der Waals surface area (Å²) >= 11 is 1.35. The van der Waals surface area contributed by atoms with Crippen LogP contribution in [-0.4, -0.2) is 48.1 Å². The molecule has 3 heterocycles. The van der Waals surface area contributed by atoms with Crippen LogP contribution in [-0.2, 0) is 42.1 Å². The van der Waals surface area contributed by atoms with Crippen LogP contribution < -0.4 is 14.5 Å². The number of aromatic nitrogens is 1. The van der Waals surface area contributed by atoms with Gasteiger partial charge in [-0.05, 0) is 116 Å². The largest absolute Gasteiger partial charge is 0.478 e. The van der Waals surface area contributed by atoms with Gasteiger partial charge in [0.25, 0.3) is 15.9 Å². The number of amides is 2. The zero-order valence-corrected chi connectivity index (χ0v) is 29.0. The third kappa shape index (κ3) is 6.82. The molecule has 0 bridgehead atoms. The van der Waals surface area contributed by atoms with Crippen LogP contribution in [0.4, 0.5) is 26.9 Å². The number of rotatable bonds is 10. The van der Waals surface area contributed by atoms with E-state index in [4.69, 9.17) is 5.11 Å². The van der Waals surface area contributed by atoms with Crippen molar-refractivity contribution in [1.82, 2.24) is 4.98 Å². The van der Waals surface area contributed by atoms with Crippen molar-refractivity contribution >= 4 is 61.4 Å². The predicted octanol–water partition coefficient (Wildman–Crippen LogP) is 7.33. The van der Waals surface area contributed by atoms with Gasteiger partial charge in [0.2, 0.25) is 0 Å². The molecule has 3 N–H and O–H groups in total. The van der Waals surface area contributed by atoms with Crippen molar-refractivity contribution in [3.8, 4) is 0 Å². The van der Waals surface area contributed by atoms with Gasteiger partial charge in [0.15, 0.2) is 0 Å². The number of hydrogen-bond acceptors (Lipinski definition) is 7. The maximum absolute atomic E-state index is 13.8. The third-order valence-corrected chi connectivity index (χ3v) is 12.3. The summed E-state index contributed by atoms with van der Waals surface area (Å²) in [6.45, 7) is 0.276. The van der Waals surface area contributed by atoms with Gasteiger partial charge in [0.1, 0.15) is 5.00 Å². The molecule has 0 spiro atoms. The highest BCUT2D eigenvalue weighted by molar-refractivity contribution is 7.92. The second-order valence-electron chi connectivity index (χ2n) is 12.5. The first-order valence-corrected chi connectivity index (χ1v) is 18.8. The van der Waals surface area contributed by atoms with Crippen LogP contribution in [0.1, 0.15) is 60.7 Å². The number of benzene rings is 3. The van der Waals surface area contributed by atoms with E-state index in [0.717, 1.165) is 46.4 Å². The Morgan fingerprint density at radius 2 is 1.57 bits per heavy atom. The first-order valence-electron chi connectivity index (χ1n) is 16.6. The molecule has 3 aromatic carbocycles. The second-order valence-corrected chi connectivity index (χ2v) is 15.5. The molecule has 0 saturated heterocycles. The van der Waals surface area contributed by atoms with Crippen LogP contribution in [0.5, 0.6) is 0 Å². The summed E-state index contributed by atoms with van der Waals surface area (Å²) in [5, 5.41) is 23.0. The van der Waals surface area contributed by atoms with Crippen molar-refractivity contribution in [2.24, 2.45) is 0 Å². The monoisotopic (exact) mass is 722 g/mol. The highest BCUT2D eigenvalue weighted by Gasteiger charge is 2.33. The van der Waals surface area contributed by atoms with Gasteiger partial charge < -0.3 is 15.5 Å². The van der Waals surface area contributed by atoms with Crippen molar-refractivity contribution in [1.29, 1.82) is 0 Å². The highest BCUT2D eigenvalue weighted by Crippen LogP contribution is 2.47. The van der Waals surface area contributed by atoms with Crippen molar-refractivity contribution < 1.29 is 33.0 Å². The molecular formula is C38H34N4O7S2. The minimum absolute atomic E-state index is 0.0185. The number of carbonyl (C=O) groups excluding carboxylic acids is 1. The Bertz CT molecular complexity index is 2250. The van der Waals surface area contributed by atoms with E-state index in [2.05, 4.69) is 10.3 Å². The van der Waals surface area contributed by atoms with E-state index in [1.807, 2.05) is 12.1 Å². The van der Waals surface area contributed by atoms with Gasteiger partial charge in [0, 0.05) is 29.4 Å². The molecule has 0 radical (unpaired) electrons. The third-order valence-electron chi connectivity index (χ3n) is 9.30. The quantitative estimate of drug-likeness (QED) is 0.135. The molecule has 1 aliphatic carbocycles. The number of hydrogen-bond donors (Lipinski definition) is 3. The van der Waals surface area contributed by atoms with Crippen molar-refractivity contribution in [2.75, 3.05) is 21.1 Å². The predicted molar refractivity (Wildman–Crippen MR) is 195 cm³/mol. The van der Waals surface area contributed by atoms with E-state index in [0.29, 0.717) is 47.7 Å². The van der Waals surface area contributed by atoms with Gasteiger partial charge in [-0.25, -0.2) is 22.9 Å². The number of carboxylic acid groups (broad SMARTS) is 2. The molecule has 2 aliphatic rings. The number of aromatic carboxylic acids is 1. The Labute approximate surface area is 298 Å². The average molecular weight is 723 g/mol. The van der Waals surface area contributed by atoms with Crippen LogP contribution in [0.25, 0.3) is 0 Å². The lowest BCUT2D eigenvalue weighted by atomic mass is 9.97. The van der Waals surface area contributed by atoms with Crippen molar-refractivity contribution in [2.45, 2.75) is 49.8 Å². The topological polar surface area (TPSA) is 157 Å². The van der Waals surface area contributed by atoms with Crippen LogP contribution in [0, 0.1) is 0 Å². The Balaban J connectivity index is 1.14. The van der Waals surface area contributed by atoms with Gasteiger partial charge in [-0.1, -0.05) is 30.3 Å². The summed E-state index contributed by atoms with van der Waals surface area (Å²) in [7, 11) is -3.96. The van der Waals surface area contributed by atoms with Crippen LogP contribution in [0.15, 0.2) is 96.2 Å². The second kappa shape index (κ2) is 14.0. The Morgan fingerprint density at radius 1 is 0.863 bits per heavy atom. The number of anilines is 4. The molecule has 13 heteroatoms. The summed E-state index contributed by atoms with van der Waals surface area (Å²) in [4.78, 5) is 44.2. The zero-order valence-electron chi connectivity index (χ0n) is 27.4. The SMILES string of the molecule is O=C(O)c1ccc(CCc2ccc(N(C(=O)O)c3c(NC(=O)c4cccc(S(=O)(=O)N5CCc6cnccc65)c4)sc4c3CCCC4)cc2)cc1. The summed E-state index contributed by atoms with van der Waals surface area (Å²) in [6, 6.07) is 21.5. The summed E-state index contributed by atoms with van der Waals surface area (Å²) in [6.07, 6.45) is 7.19. The minimum atomic E-state index is -3.96. The fourth-order valence-corrected chi connectivity index (χ4v) is 9.49. The molecule has 2 amide bonds. The van der Waals surface area contributed by atoms with E-state index in [1.165, 1.54) is 44.8 Å². The molecule has 51 heavy (non-hydrogen) atoms. The fourth-order valence-electron chi connectivity index (χ4n) is 6.67. The zero-order chi connectivity index (χ0) is 35.7. The van der Waals surface area contributed by atoms with E-state index in [1.54, 1.807) is 54.9 Å². The van der Waals surface area contributed by atoms with Crippen LogP contribution >= 0.6 is 11.3 Å². The Morgan fingerprint density at radius 3 is 2.27 bits per heavy atom. The number of sulfonamides is 1. The van der Waals surface area contributed by atoms with E-state index in [-0.39, 0.29) is 22.6 Å². The summed E-state index contributed by atoms with van der Waals surface area (Å²) in [5.74, 6) is -1.52. The number of nitrogens with zero attached hydrogens (tertiary/aromatic N) is 3. The summed E-state index contributed by atoms with van der Waals surface area (Å²) in [5.41, 5.74) is 5.46. The summed E-state index contributed by atoms with van der Waals surface area (Å²) < 4.78 is 28.7. The van der Waals surface area contributed by atoms with Gasteiger partial charge in [-0.15, -0.1) is 11.3 Å². The van der Waals surface area contributed by atoms with Gasteiger partial charge in [-0.2, -0.15) is 0 Å². The first-order chi connectivity index (χ1) is 24.6. The lowest BCUT2D eigenvalue weighted by molar-refractivity contribution is 0.0696. The van der Waals surface area contributed by atoms with E-state index < -0.39 is 28.0 Å². The minimum Gasteiger partial charge on any atom is -0.478 e. The number of nitrogens with one attached hydrogen (secondary N) is 1. The number of pyridine rings is 1. The number of fused-ring (bicyclic) bond motifs is 2. The lowest BCUT2D eigenvalue weighted by Gasteiger charge is -2.23. The Hall–Kier alpha value is -5.53. The fraction of sp³-hybridized carbons (Fsp3) is 0.211. The molecule has 0 saturated carbocycles. The maximum atomic E-state index is 13.8.